The fourth-order valence-corrected chi connectivity index (χ4v) is 7.18. The Balaban J connectivity index is 0.00000240. The van der Waals surface area contributed by atoms with Gasteiger partial charge in [0, 0.05) is 22.5 Å². The Bertz CT molecular complexity index is 811. The fourth-order valence-electron chi connectivity index (χ4n) is 7.18. The van der Waals surface area contributed by atoms with Crippen LogP contribution in [0.2, 0.25) is 0 Å². The van der Waals surface area contributed by atoms with Gasteiger partial charge in [0.2, 0.25) is 0 Å². The van der Waals surface area contributed by atoms with Gasteiger partial charge in [-0.1, -0.05) is 20.8 Å². The average molecular weight is 588 g/mol. The molecule has 4 rings (SSSR count). The van der Waals surface area contributed by atoms with Gasteiger partial charge in [-0.15, -0.1) is 5.57 Å². The van der Waals surface area contributed by atoms with E-state index in [-0.39, 0.29) is 40.5 Å². The van der Waals surface area contributed by atoms with Crippen LogP contribution in [0.4, 0.5) is 4.39 Å². The first kappa shape index (κ1) is 23.0. The SMILES string of the molecule is C[C@@H]1C[C@H]2[C@@H]3CCC4=CC(=O)[C-]=C[C@]4(C)[C@@]3(F)[C@@H](O)C[C@]2(C)[C@@]1(O)C(=O)CO.[Au+]. The van der Waals surface area contributed by atoms with Gasteiger partial charge in [0.25, 0.3) is 0 Å². The van der Waals surface area contributed by atoms with Crippen molar-refractivity contribution in [2.75, 3.05) is 6.61 Å². The van der Waals surface area contributed by atoms with E-state index in [1.54, 1.807) is 20.8 Å². The number of carbonyl (C=O) groups excluding carboxylic acids is 2. The third kappa shape index (κ3) is 2.53. The Hall–Kier alpha value is -0.630. The molecule has 0 bridgehead atoms. The molecule has 0 radical (unpaired) electrons. The summed E-state index contributed by atoms with van der Waals surface area (Å²) in [6, 6.07) is 0. The number of ketones is 2. The number of halogens is 1. The summed E-state index contributed by atoms with van der Waals surface area (Å²) in [5, 5.41) is 31.9. The number of hydrogen-bond donors (Lipinski definition) is 3. The Kier molecular flexibility index (Phi) is 5.51. The standard InChI is InChI=1S/C22H28FO5.Au/c1-12-8-16-15-5-4-13-9-14(25)6-7-19(13,2)21(15,23)17(26)10-20(16,3)22(12,28)18(27)11-24;/h7,9,12,15-17,24,26,28H,4-5,8,10-11H2,1-3H3;/q-1;+1/t12-,15+,16+,17+,19+,20+,21+,22+;/m1./s1. The number of allylic oxidation sites excluding steroid dienone is 4. The van der Waals surface area contributed by atoms with E-state index in [2.05, 4.69) is 6.08 Å². The van der Waals surface area contributed by atoms with Gasteiger partial charge in [-0.2, -0.15) is 12.2 Å². The molecule has 0 aromatic carbocycles. The van der Waals surface area contributed by atoms with E-state index >= 15 is 4.39 Å². The van der Waals surface area contributed by atoms with Crippen LogP contribution in [0.5, 0.6) is 0 Å². The molecule has 0 unspecified atom stereocenters. The average Bonchev–Trinajstić information content (AvgIpc) is 2.84. The van der Waals surface area contributed by atoms with E-state index in [9.17, 15) is 24.9 Å². The summed E-state index contributed by atoms with van der Waals surface area (Å²) in [4.78, 5) is 24.3. The van der Waals surface area contributed by atoms with Gasteiger partial charge >= 0.3 is 22.4 Å². The Morgan fingerprint density at radius 1 is 1.34 bits per heavy atom. The van der Waals surface area contributed by atoms with Gasteiger partial charge < -0.3 is 20.1 Å². The summed E-state index contributed by atoms with van der Waals surface area (Å²) < 4.78 is 16.8. The molecular weight excluding hydrogens is 560 g/mol. The number of fused-ring (bicyclic) bond motifs is 5. The van der Waals surface area contributed by atoms with E-state index in [1.165, 1.54) is 12.2 Å². The predicted molar refractivity (Wildman–Crippen MR) is 98.6 cm³/mol. The van der Waals surface area contributed by atoms with Crippen molar-refractivity contribution in [1.29, 1.82) is 0 Å². The normalized spacial score (nSPS) is 50.7. The van der Waals surface area contributed by atoms with Crippen molar-refractivity contribution in [2.24, 2.45) is 28.6 Å². The number of rotatable bonds is 2. The third-order valence-corrected chi connectivity index (χ3v) is 8.70. The van der Waals surface area contributed by atoms with Gasteiger partial charge in [0.05, 0.1) is 6.10 Å². The van der Waals surface area contributed by atoms with E-state index in [0.29, 0.717) is 24.8 Å². The molecule has 0 saturated heterocycles. The van der Waals surface area contributed by atoms with Crippen molar-refractivity contribution in [3.8, 4) is 0 Å². The third-order valence-electron chi connectivity index (χ3n) is 8.70. The molecule has 3 fully saturated rings. The first-order valence-corrected chi connectivity index (χ1v) is 10.1. The van der Waals surface area contributed by atoms with Crippen LogP contribution in [0.3, 0.4) is 0 Å². The molecule has 3 N–H and O–H groups in total. The van der Waals surface area contributed by atoms with Crippen molar-refractivity contribution in [3.63, 3.8) is 0 Å². The number of hydrogen-bond acceptors (Lipinski definition) is 5. The van der Waals surface area contributed by atoms with Crippen LogP contribution in [0.15, 0.2) is 17.7 Å². The Morgan fingerprint density at radius 3 is 2.62 bits per heavy atom. The summed E-state index contributed by atoms with van der Waals surface area (Å²) >= 11 is 0. The van der Waals surface area contributed by atoms with Gasteiger partial charge in [-0.05, 0) is 37.5 Å². The summed E-state index contributed by atoms with van der Waals surface area (Å²) in [6.07, 6.45) is 5.40. The van der Waals surface area contributed by atoms with Crippen LogP contribution in [0.1, 0.15) is 46.5 Å². The maximum absolute atomic E-state index is 16.8. The van der Waals surface area contributed by atoms with Crippen molar-refractivity contribution in [1.82, 2.24) is 0 Å². The molecule has 0 aliphatic heterocycles. The Morgan fingerprint density at radius 2 is 2.00 bits per heavy atom. The molecule has 4 aliphatic carbocycles. The monoisotopic (exact) mass is 588 g/mol. The van der Waals surface area contributed by atoms with E-state index in [4.69, 9.17) is 0 Å². The maximum Gasteiger partial charge on any atom is 1.00 e. The summed E-state index contributed by atoms with van der Waals surface area (Å²) in [5.41, 5.74) is -5.31. The van der Waals surface area contributed by atoms with E-state index in [1.807, 2.05) is 0 Å². The zero-order chi connectivity index (χ0) is 20.7. The summed E-state index contributed by atoms with van der Waals surface area (Å²) in [6.45, 7) is 4.43. The van der Waals surface area contributed by atoms with E-state index < -0.39 is 52.4 Å². The molecule has 8 atom stereocenters. The Labute approximate surface area is 186 Å². The van der Waals surface area contributed by atoms with Gasteiger partial charge in [-0.25, -0.2) is 10.5 Å². The summed E-state index contributed by atoms with van der Waals surface area (Å²) in [5.74, 6) is -2.29. The number of aliphatic hydroxyl groups excluding tert-OH is 2. The number of carbonyl (C=O) groups is 2. The molecule has 0 aromatic heterocycles. The molecule has 5 nitrogen and oxygen atoms in total. The smallest absolute Gasteiger partial charge is 0.390 e. The first-order chi connectivity index (χ1) is 13.0. The van der Waals surface area contributed by atoms with Crippen molar-refractivity contribution in [3.05, 3.63) is 23.8 Å². The van der Waals surface area contributed by atoms with Gasteiger partial charge in [0.1, 0.15) is 17.9 Å². The topological polar surface area (TPSA) is 94.8 Å². The van der Waals surface area contributed by atoms with Crippen LogP contribution in [0.25, 0.3) is 0 Å². The maximum atomic E-state index is 16.8. The molecule has 0 amide bonds. The van der Waals surface area contributed by atoms with Crippen LogP contribution in [0, 0.1) is 34.7 Å². The molecule has 0 spiro atoms. The molecule has 0 heterocycles. The molecule has 7 heteroatoms. The van der Waals surface area contributed by atoms with Crippen LogP contribution < -0.4 is 0 Å². The van der Waals surface area contributed by atoms with Crippen molar-refractivity contribution < 1.29 is 51.7 Å². The minimum atomic E-state index is -2.01. The molecular formula is C22H28AuFO5. The second kappa shape index (κ2) is 6.94. The van der Waals surface area contributed by atoms with E-state index in [0.717, 1.165) is 0 Å². The second-order valence-electron chi connectivity index (χ2n) is 9.67. The largest absolute Gasteiger partial charge is 1.00 e. The zero-order valence-electron chi connectivity index (χ0n) is 16.8. The molecule has 0 aromatic rings. The molecule has 4 aliphatic rings. The van der Waals surface area contributed by atoms with Gasteiger partial charge in [0.15, 0.2) is 5.78 Å². The number of Topliss-reactive ketones (excluding diaryl/α,β-unsaturated/α-hetero) is 1. The van der Waals surface area contributed by atoms with Gasteiger partial charge in [-0.3, -0.25) is 4.79 Å². The quantitative estimate of drug-likeness (QED) is 0.338. The fraction of sp³-hybridized carbons (Fsp3) is 0.727. The number of alkyl halides is 1. The van der Waals surface area contributed by atoms with Crippen LogP contribution in [-0.4, -0.2) is 50.9 Å². The zero-order valence-corrected chi connectivity index (χ0v) is 19.0. The molecule has 29 heavy (non-hydrogen) atoms. The minimum absolute atomic E-state index is 0. The molecule has 164 valence electrons. The molecule has 3 saturated carbocycles. The van der Waals surface area contributed by atoms with Crippen LogP contribution >= 0.6 is 0 Å². The van der Waals surface area contributed by atoms with Crippen LogP contribution in [-0.2, 0) is 32.0 Å². The van der Waals surface area contributed by atoms with Crippen molar-refractivity contribution >= 4 is 11.6 Å². The first-order valence-electron chi connectivity index (χ1n) is 10.1. The van der Waals surface area contributed by atoms with Crippen molar-refractivity contribution in [2.45, 2.75) is 63.8 Å². The number of aliphatic hydroxyl groups is 3. The predicted octanol–water partition coefficient (Wildman–Crippen LogP) is 1.70. The second-order valence-corrected chi connectivity index (χ2v) is 9.67. The minimum Gasteiger partial charge on any atom is -0.390 e. The summed E-state index contributed by atoms with van der Waals surface area (Å²) in [7, 11) is 0.